The SMILES string of the molecule is c1ccc(C2(c3ccccc3N(c3ccc4c(c3)oc3ccccc34)c3cccc4c3-c3ccccc3[Si]43c4ccccc4-c4ccccc43)c3ccccc3-c3ccccc32)cc1. The monoisotopic (exact) mass is 829 g/mol. The summed E-state index contributed by atoms with van der Waals surface area (Å²) in [6.07, 6.45) is 0. The van der Waals surface area contributed by atoms with E-state index in [4.69, 9.17) is 4.42 Å². The van der Waals surface area contributed by atoms with E-state index in [9.17, 15) is 0 Å². The summed E-state index contributed by atoms with van der Waals surface area (Å²) in [7, 11) is -2.74. The van der Waals surface area contributed by atoms with Crippen LogP contribution in [0.4, 0.5) is 17.1 Å². The lowest BCUT2D eigenvalue weighted by Crippen LogP contribution is -2.70. The van der Waals surface area contributed by atoms with Crippen LogP contribution in [0.2, 0.25) is 0 Å². The third-order valence-electron chi connectivity index (χ3n) is 14.6. The van der Waals surface area contributed by atoms with Crippen molar-refractivity contribution in [3.8, 4) is 33.4 Å². The van der Waals surface area contributed by atoms with Crippen molar-refractivity contribution in [3.05, 3.63) is 259 Å². The molecule has 11 aromatic rings. The molecule has 1 spiro atoms. The zero-order valence-corrected chi connectivity index (χ0v) is 35.9. The Balaban J connectivity index is 1.12. The number of para-hydroxylation sites is 2. The zero-order valence-electron chi connectivity index (χ0n) is 34.9. The van der Waals surface area contributed by atoms with E-state index < -0.39 is 13.5 Å². The molecular weight excluding hydrogens is 791 g/mol. The summed E-state index contributed by atoms with van der Waals surface area (Å²) >= 11 is 0. The van der Waals surface area contributed by atoms with E-state index in [1.54, 1.807) is 0 Å². The van der Waals surface area contributed by atoms with Crippen molar-refractivity contribution in [2.75, 3.05) is 4.90 Å². The highest BCUT2D eigenvalue weighted by Crippen LogP contribution is 2.59. The summed E-state index contributed by atoms with van der Waals surface area (Å²) in [5.74, 6) is 0. The predicted octanol–water partition coefficient (Wildman–Crippen LogP) is 12.8. The maximum absolute atomic E-state index is 6.71. The highest BCUT2D eigenvalue weighted by molar-refractivity contribution is 7.24. The fourth-order valence-electron chi connectivity index (χ4n) is 12.2. The summed E-state index contributed by atoms with van der Waals surface area (Å²) < 4.78 is 6.71. The van der Waals surface area contributed by atoms with Gasteiger partial charge in [-0.3, -0.25) is 0 Å². The van der Waals surface area contributed by atoms with Gasteiger partial charge < -0.3 is 9.32 Å². The minimum absolute atomic E-state index is 0.623. The van der Waals surface area contributed by atoms with Gasteiger partial charge in [0.2, 0.25) is 0 Å². The molecule has 1 aliphatic carbocycles. The van der Waals surface area contributed by atoms with Crippen molar-refractivity contribution in [2.24, 2.45) is 0 Å². The Bertz CT molecular complexity index is 3620. The third-order valence-corrected chi connectivity index (χ3v) is 19.5. The Hall–Kier alpha value is -7.98. The first kappa shape index (κ1) is 35.6. The van der Waals surface area contributed by atoms with Crippen molar-refractivity contribution in [3.63, 3.8) is 0 Å². The molecule has 0 saturated heterocycles. The molecule has 0 N–H and O–H groups in total. The van der Waals surface area contributed by atoms with Crippen LogP contribution in [0.15, 0.2) is 241 Å². The Morgan fingerprint density at radius 3 is 1.55 bits per heavy atom. The van der Waals surface area contributed by atoms with E-state index in [1.807, 2.05) is 0 Å². The number of furan rings is 1. The van der Waals surface area contributed by atoms with Crippen LogP contribution in [0.5, 0.6) is 0 Å². The van der Waals surface area contributed by atoms with Crippen molar-refractivity contribution in [1.82, 2.24) is 0 Å². The van der Waals surface area contributed by atoms with Crippen LogP contribution < -0.4 is 25.6 Å². The molecule has 0 amide bonds. The lowest BCUT2D eigenvalue weighted by Gasteiger charge is -2.38. The molecule has 3 heteroatoms. The topological polar surface area (TPSA) is 16.4 Å². The van der Waals surface area contributed by atoms with Crippen LogP contribution in [0, 0.1) is 0 Å². The normalized spacial score (nSPS) is 14.2. The van der Waals surface area contributed by atoms with Crippen LogP contribution in [-0.2, 0) is 5.41 Å². The highest BCUT2D eigenvalue weighted by Gasteiger charge is 2.55. The molecule has 0 unspecified atom stereocenters. The van der Waals surface area contributed by atoms with E-state index in [0.29, 0.717) is 0 Å². The van der Waals surface area contributed by atoms with Gasteiger partial charge in [0.05, 0.1) is 16.8 Å². The molecule has 3 aliphatic rings. The fourth-order valence-corrected chi connectivity index (χ4v) is 17.9. The van der Waals surface area contributed by atoms with Crippen LogP contribution >= 0.6 is 0 Å². The predicted molar refractivity (Wildman–Crippen MR) is 267 cm³/mol. The first-order valence-corrected chi connectivity index (χ1v) is 24.3. The summed E-state index contributed by atoms with van der Waals surface area (Å²) in [5.41, 5.74) is 17.4. The number of fused-ring (bicyclic) bond motifs is 16. The Morgan fingerprint density at radius 1 is 0.344 bits per heavy atom. The molecule has 0 bridgehead atoms. The maximum Gasteiger partial charge on any atom is 0.182 e. The van der Waals surface area contributed by atoms with Crippen molar-refractivity contribution < 1.29 is 4.42 Å². The summed E-state index contributed by atoms with van der Waals surface area (Å²) in [5, 5.41) is 8.07. The van der Waals surface area contributed by atoms with Gasteiger partial charge in [0.25, 0.3) is 0 Å². The molecule has 0 fully saturated rings. The third kappa shape index (κ3) is 4.48. The number of benzene rings is 10. The summed E-state index contributed by atoms with van der Waals surface area (Å²) in [4.78, 5) is 2.56. The van der Waals surface area contributed by atoms with Crippen LogP contribution in [0.3, 0.4) is 0 Å². The molecule has 3 heterocycles. The van der Waals surface area contributed by atoms with Gasteiger partial charge in [-0.05, 0) is 101 Å². The first-order chi connectivity index (χ1) is 31.8. The largest absolute Gasteiger partial charge is 0.456 e. The molecule has 0 saturated carbocycles. The molecule has 0 radical (unpaired) electrons. The van der Waals surface area contributed by atoms with Gasteiger partial charge in [0.15, 0.2) is 8.07 Å². The smallest absolute Gasteiger partial charge is 0.182 e. The average Bonchev–Trinajstić information content (AvgIpc) is 4.07. The fraction of sp³-hybridized carbons (Fsp3) is 0.0164. The zero-order chi connectivity index (χ0) is 42.0. The molecule has 298 valence electrons. The lowest BCUT2D eigenvalue weighted by atomic mass is 9.67. The molecule has 0 atom stereocenters. The van der Waals surface area contributed by atoms with Gasteiger partial charge in [-0.15, -0.1) is 0 Å². The van der Waals surface area contributed by atoms with Gasteiger partial charge in [0, 0.05) is 28.1 Å². The van der Waals surface area contributed by atoms with Crippen LogP contribution in [0.1, 0.15) is 22.3 Å². The van der Waals surface area contributed by atoms with Crippen molar-refractivity contribution in [1.29, 1.82) is 0 Å². The second kappa shape index (κ2) is 13.3. The van der Waals surface area contributed by atoms with Crippen molar-refractivity contribution in [2.45, 2.75) is 5.41 Å². The van der Waals surface area contributed by atoms with Gasteiger partial charge in [0.1, 0.15) is 11.2 Å². The number of rotatable bonds is 5. The van der Waals surface area contributed by atoms with Crippen LogP contribution in [0.25, 0.3) is 55.3 Å². The number of hydrogen-bond acceptors (Lipinski definition) is 2. The number of hydrogen-bond donors (Lipinski definition) is 0. The average molecular weight is 830 g/mol. The summed E-state index contributed by atoms with van der Waals surface area (Å²) in [6, 6.07) is 88.5. The van der Waals surface area contributed by atoms with E-state index in [0.717, 1.165) is 39.0 Å². The minimum Gasteiger partial charge on any atom is -0.456 e. The van der Waals surface area contributed by atoms with E-state index in [1.165, 1.54) is 76.4 Å². The van der Waals surface area contributed by atoms with Crippen molar-refractivity contribution >= 4 is 67.8 Å². The van der Waals surface area contributed by atoms with E-state index in [2.05, 4.69) is 241 Å². The summed E-state index contributed by atoms with van der Waals surface area (Å²) in [6.45, 7) is 0. The number of anilines is 3. The van der Waals surface area contributed by atoms with E-state index in [-0.39, 0.29) is 0 Å². The molecule has 2 aliphatic heterocycles. The Morgan fingerprint density at radius 2 is 0.844 bits per heavy atom. The molecule has 10 aromatic carbocycles. The molecule has 1 aromatic heterocycles. The highest BCUT2D eigenvalue weighted by atomic mass is 28.3. The van der Waals surface area contributed by atoms with E-state index >= 15 is 0 Å². The minimum atomic E-state index is -2.74. The first-order valence-electron chi connectivity index (χ1n) is 22.3. The second-order valence-electron chi connectivity index (χ2n) is 17.4. The quantitative estimate of drug-likeness (QED) is 0.161. The van der Waals surface area contributed by atoms with Gasteiger partial charge >= 0.3 is 0 Å². The molecule has 2 nitrogen and oxygen atoms in total. The molecule has 64 heavy (non-hydrogen) atoms. The van der Waals surface area contributed by atoms with Crippen LogP contribution in [-0.4, -0.2) is 8.07 Å². The second-order valence-corrected chi connectivity index (χ2v) is 21.1. The van der Waals surface area contributed by atoms with Gasteiger partial charge in [-0.25, -0.2) is 0 Å². The van der Waals surface area contributed by atoms with Gasteiger partial charge in [-0.2, -0.15) is 0 Å². The Kier molecular flexibility index (Phi) is 7.38. The van der Waals surface area contributed by atoms with Gasteiger partial charge in [-0.1, -0.05) is 200 Å². The molecular formula is C61H39NOSi. The maximum atomic E-state index is 6.71. The number of nitrogens with zero attached hydrogens (tertiary/aromatic N) is 1. The lowest BCUT2D eigenvalue weighted by molar-refractivity contribution is 0.669. The molecule has 14 rings (SSSR count). The Labute approximate surface area is 373 Å². The standard InChI is InChI=1S/C61H39NOSi/c1-2-19-40(20-3-1)61(49-27-10-4-21-42(49)43-22-5-11-28-50(43)61)51-29-12-13-30-52(51)62(41-37-38-45-44-23-6-14-32-54(44)63-55(45)39-41)53-31-18-36-59-60(53)48-26-9-17-35-58(48)64(59)56-33-15-7-24-46(56)47-25-8-16-34-57(47)64/h1-39H.